The highest BCUT2D eigenvalue weighted by Crippen LogP contribution is 2.23. The number of hydrogen-bond acceptors (Lipinski definition) is 9. The number of unbranched alkanes of at least 4 members (excludes halogenated alkanes) is 34. The Balaban J connectivity index is 2.16. The zero-order chi connectivity index (χ0) is 45.0. The van der Waals surface area contributed by atoms with Gasteiger partial charge in [-0.2, -0.15) is 0 Å². The van der Waals surface area contributed by atoms with Crippen molar-refractivity contribution in [2.24, 2.45) is 0 Å². The summed E-state index contributed by atoms with van der Waals surface area (Å²) in [5, 5.41) is 40.3. The Morgan fingerprint density at radius 2 is 0.887 bits per heavy atom. The fraction of sp³-hybridized carbons (Fsp3) is 0.943. The van der Waals surface area contributed by atoms with Gasteiger partial charge in [0.25, 0.3) is 0 Å². The number of allylic oxidation sites excluding steroid dienone is 2. The molecule has 1 rings (SSSR count). The number of hydrogen-bond donors (Lipinski definition) is 4. The minimum atomic E-state index is -1.53. The molecule has 1 aliphatic heterocycles. The van der Waals surface area contributed by atoms with Crippen LogP contribution in [0.2, 0.25) is 0 Å². The third-order valence-electron chi connectivity index (χ3n) is 12.7. The fourth-order valence-corrected chi connectivity index (χ4v) is 8.49. The van der Waals surface area contributed by atoms with Gasteiger partial charge in [-0.3, -0.25) is 4.79 Å². The molecule has 1 aliphatic rings. The lowest BCUT2D eigenvalue weighted by Crippen LogP contribution is -2.59. The maximum absolute atomic E-state index is 12.8. The molecule has 6 unspecified atom stereocenters. The highest BCUT2D eigenvalue weighted by Gasteiger charge is 2.44. The van der Waals surface area contributed by atoms with E-state index in [9.17, 15) is 25.2 Å². The first-order valence-electron chi connectivity index (χ1n) is 26.8. The molecule has 0 aromatic rings. The summed E-state index contributed by atoms with van der Waals surface area (Å²) in [5.74, 6) is -0.312. The molecule has 0 saturated carbocycles. The molecule has 1 saturated heterocycles. The van der Waals surface area contributed by atoms with Crippen LogP contribution < -0.4 is 0 Å². The minimum absolute atomic E-state index is 0.109. The van der Waals surface area contributed by atoms with Gasteiger partial charge >= 0.3 is 5.97 Å². The standard InChI is InChI=1S/C53H102O9/c1-3-5-7-9-11-13-15-17-19-21-22-23-24-25-27-29-31-33-35-37-39-41-43-59-45-47(46-60-53-52(58)51(57)50(56)48(44-54)62-53)61-49(55)42-40-38-36-34-32-30-28-26-20-18-16-14-12-10-8-6-4-2/h18,20,47-48,50-54,56-58H,3-17,19,21-46H2,1-2H3/b20-18-. The SMILES string of the molecule is CCCCCCCC/C=C\CCCCCCCCCC(=O)OC(COCCCCCCCCCCCCCCCCCCCCCCCC)COC1OC(CO)C(O)C(O)C1O. The number of carbonyl (C=O) groups is 1. The molecule has 1 fully saturated rings. The summed E-state index contributed by atoms with van der Waals surface area (Å²) < 4.78 is 22.9. The summed E-state index contributed by atoms with van der Waals surface area (Å²) in [6.07, 6.45) is 45.4. The molecule has 9 heteroatoms. The Bertz CT molecular complexity index is 961. The average molecular weight is 883 g/mol. The van der Waals surface area contributed by atoms with Crippen molar-refractivity contribution >= 4 is 5.97 Å². The zero-order valence-electron chi connectivity index (χ0n) is 40.6. The molecule has 0 spiro atoms. The first-order chi connectivity index (χ1) is 30.4. The van der Waals surface area contributed by atoms with Crippen molar-refractivity contribution in [1.82, 2.24) is 0 Å². The number of esters is 1. The Morgan fingerprint density at radius 1 is 0.500 bits per heavy atom. The number of aliphatic hydroxyl groups excluding tert-OH is 4. The molecule has 1 heterocycles. The van der Waals surface area contributed by atoms with Crippen molar-refractivity contribution in [3.63, 3.8) is 0 Å². The Labute approximate surface area is 382 Å². The number of aliphatic hydroxyl groups is 4. The van der Waals surface area contributed by atoms with Crippen LogP contribution in [0.1, 0.15) is 258 Å². The van der Waals surface area contributed by atoms with Crippen LogP contribution in [0.25, 0.3) is 0 Å². The van der Waals surface area contributed by atoms with Gasteiger partial charge in [0.1, 0.15) is 30.5 Å². The van der Waals surface area contributed by atoms with E-state index in [4.69, 9.17) is 18.9 Å². The van der Waals surface area contributed by atoms with Crippen LogP contribution >= 0.6 is 0 Å². The molecule has 0 aliphatic carbocycles. The predicted octanol–water partition coefficient (Wildman–Crippen LogP) is 13.2. The van der Waals surface area contributed by atoms with E-state index in [0.29, 0.717) is 13.0 Å². The second-order valence-corrected chi connectivity index (χ2v) is 18.7. The molecule has 0 aromatic carbocycles. The van der Waals surface area contributed by atoms with Crippen molar-refractivity contribution in [3.8, 4) is 0 Å². The lowest BCUT2D eigenvalue weighted by atomic mass is 9.99. The Kier molecular flexibility index (Phi) is 42.9. The van der Waals surface area contributed by atoms with Gasteiger partial charge < -0.3 is 39.4 Å². The van der Waals surface area contributed by atoms with Gasteiger partial charge in [-0.25, -0.2) is 0 Å². The number of ether oxygens (including phenoxy) is 4. The first-order valence-corrected chi connectivity index (χ1v) is 26.8. The van der Waals surface area contributed by atoms with Gasteiger partial charge in [0, 0.05) is 13.0 Å². The van der Waals surface area contributed by atoms with Crippen LogP contribution in [0.3, 0.4) is 0 Å². The third-order valence-corrected chi connectivity index (χ3v) is 12.7. The van der Waals surface area contributed by atoms with Gasteiger partial charge in [0.05, 0.1) is 19.8 Å². The summed E-state index contributed by atoms with van der Waals surface area (Å²) in [6.45, 7) is 4.61. The zero-order valence-corrected chi connectivity index (χ0v) is 40.6. The summed E-state index contributed by atoms with van der Waals surface area (Å²) in [4.78, 5) is 12.8. The van der Waals surface area contributed by atoms with Gasteiger partial charge in [-0.1, -0.05) is 225 Å². The maximum Gasteiger partial charge on any atom is 0.306 e. The number of carbonyl (C=O) groups excluding carboxylic acids is 1. The van der Waals surface area contributed by atoms with Gasteiger partial charge in [0.15, 0.2) is 6.29 Å². The van der Waals surface area contributed by atoms with Crippen molar-refractivity contribution in [3.05, 3.63) is 12.2 Å². The number of rotatable bonds is 47. The topological polar surface area (TPSA) is 135 Å². The summed E-state index contributed by atoms with van der Waals surface area (Å²) in [7, 11) is 0. The lowest BCUT2D eigenvalue weighted by molar-refractivity contribution is -0.305. The predicted molar refractivity (Wildman–Crippen MR) is 256 cm³/mol. The van der Waals surface area contributed by atoms with Gasteiger partial charge in [-0.05, 0) is 38.5 Å². The summed E-state index contributed by atoms with van der Waals surface area (Å²) in [6, 6.07) is 0. The summed E-state index contributed by atoms with van der Waals surface area (Å²) in [5.41, 5.74) is 0. The molecule has 0 bridgehead atoms. The van der Waals surface area contributed by atoms with E-state index in [1.165, 1.54) is 205 Å². The normalized spacial score (nSPS) is 19.7. The molecular formula is C53H102O9. The average Bonchev–Trinajstić information content (AvgIpc) is 3.27. The molecular weight excluding hydrogens is 781 g/mol. The van der Waals surface area contributed by atoms with E-state index in [1.807, 2.05) is 0 Å². The lowest BCUT2D eigenvalue weighted by Gasteiger charge is -2.39. The molecule has 0 radical (unpaired) electrons. The minimum Gasteiger partial charge on any atom is -0.457 e. The second-order valence-electron chi connectivity index (χ2n) is 18.7. The van der Waals surface area contributed by atoms with Crippen molar-refractivity contribution in [2.45, 2.75) is 295 Å². The van der Waals surface area contributed by atoms with E-state index in [1.54, 1.807) is 0 Å². The van der Waals surface area contributed by atoms with E-state index in [-0.39, 0.29) is 19.2 Å². The van der Waals surface area contributed by atoms with Gasteiger partial charge in [-0.15, -0.1) is 0 Å². The molecule has 4 N–H and O–H groups in total. The van der Waals surface area contributed by atoms with Crippen LogP contribution in [0, 0.1) is 0 Å². The third kappa shape index (κ3) is 35.2. The Hall–Kier alpha value is -1.07. The first kappa shape index (κ1) is 58.9. The van der Waals surface area contributed by atoms with E-state index < -0.39 is 43.4 Å². The molecule has 368 valence electrons. The largest absolute Gasteiger partial charge is 0.457 e. The van der Waals surface area contributed by atoms with Crippen LogP contribution in [-0.4, -0.2) is 89.6 Å². The highest BCUT2D eigenvalue weighted by atomic mass is 16.7. The van der Waals surface area contributed by atoms with E-state index in [0.717, 1.165) is 32.1 Å². The second kappa shape index (κ2) is 45.1. The van der Waals surface area contributed by atoms with Crippen LogP contribution in [-0.2, 0) is 23.7 Å². The fourth-order valence-electron chi connectivity index (χ4n) is 8.49. The Morgan fingerprint density at radius 3 is 1.31 bits per heavy atom. The van der Waals surface area contributed by atoms with Crippen molar-refractivity contribution in [2.75, 3.05) is 26.4 Å². The molecule has 0 amide bonds. The summed E-state index contributed by atoms with van der Waals surface area (Å²) >= 11 is 0. The van der Waals surface area contributed by atoms with Gasteiger partial charge in [0.2, 0.25) is 0 Å². The molecule has 62 heavy (non-hydrogen) atoms. The van der Waals surface area contributed by atoms with Crippen molar-refractivity contribution < 1.29 is 44.2 Å². The van der Waals surface area contributed by atoms with Crippen LogP contribution in [0.5, 0.6) is 0 Å². The van der Waals surface area contributed by atoms with Crippen LogP contribution in [0.15, 0.2) is 12.2 Å². The molecule has 0 aromatic heterocycles. The molecule has 6 atom stereocenters. The van der Waals surface area contributed by atoms with E-state index in [2.05, 4.69) is 26.0 Å². The molecule has 9 nitrogen and oxygen atoms in total. The van der Waals surface area contributed by atoms with Crippen molar-refractivity contribution in [1.29, 1.82) is 0 Å². The maximum atomic E-state index is 12.8. The monoisotopic (exact) mass is 883 g/mol. The highest BCUT2D eigenvalue weighted by molar-refractivity contribution is 5.69. The quantitative estimate of drug-likeness (QED) is 0.0268. The van der Waals surface area contributed by atoms with E-state index >= 15 is 0 Å². The van der Waals surface area contributed by atoms with Crippen LogP contribution in [0.4, 0.5) is 0 Å². The smallest absolute Gasteiger partial charge is 0.306 e.